The van der Waals surface area contributed by atoms with Gasteiger partial charge in [-0.05, 0) is 12.8 Å². The maximum Gasteiger partial charge on any atom is 0.472 e. The summed E-state index contributed by atoms with van der Waals surface area (Å²) in [7, 11) is 1.64. The van der Waals surface area contributed by atoms with Crippen molar-refractivity contribution >= 4 is 13.7 Å². The lowest BCUT2D eigenvalue weighted by Crippen LogP contribution is -2.46. The summed E-state index contributed by atoms with van der Waals surface area (Å²) >= 11 is 0. The van der Waals surface area contributed by atoms with E-state index in [1.165, 1.54) is 295 Å². The van der Waals surface area contributed by atoms with Crippen LogP contribution in [0.3, 0.4) is 0 Å². The highest BCUT2D eigenvalue weighted by atomic mass is 31.2. The Morgan fingerprint density at radius 1 is 0.405 bits per heavy atom. The predicted molar refractivity (Wildman–Crippen MR) is 323 cm³/mol. The van der Waals surface area contributed by atoms with Crippen LogP contribution in [0.4, 0.5) is 0 Å². The molecule has 0 spiro atoms. The molecule has 3 N–H and O–H groups in total. The molecule has 3 unspecified atom stereocenters. The van der Waals surface area contributed by atoms with E-state index in [0.29, 0.717) is 23.9 Å². The third kappa shape index (κ3) is 59.2. The Kier molecular flexibility index (Phi) is 56.8. The fraction of sp³-hybridized carbons (Fsp3) is 0.985. The number of hydrogen-bond acceptors (Lipinski definition) is 5. The molecule has 0 fully saturated rings. The zero-order valence-corrected chi connectivity index (χ0v) is 51.8. The van der Waals surface area contributed by atoms with Crippen LogP contribution in [0.15, 0.2) is 0 Å². The molecule has 0 radical (unpaired) electrons. The van der Waals surface area contributed by atoms with E-state index in [-0.39, 0.29) is 19.1 Å². The van der Waals surface area contributed by atoms with Gasteiger partial charge in [-0.1, -0.05) is 341 Å². The van der Waals surface area contributed by atoms with Crippen LogP contribution in [-0.4, -0.2) is 73.4 Å². The van der Waals surface area contributed by atoms with Gasteiger partial charge in [-0.25, -0.2) is 4.57 Å². The molecule has 0 rings (SSSR count). The van der Waals surface area contributed by atoms with E-state index in [0.717, 1.165) is 38.5 Å². The van der Waals surface area contributed by atoms with Crippen molar-refractivity contribution in [2.24, 2.45) is 0 Å². The minimum absolute atomic E-state index is 0.0790. The molecule has 0 aromatic carbocycles. The first-order valence-electron chi connectivity index (χ1n) is 33.4. The number of phosphoric acid groups is 1. The first kappa shape index (κ1) is 73.5. The highest BCUT2D eigenvalue weighted by Gasteiger charge is 2.28. The second-order valence-electron chi connectivity index (χ2n) is 24.6. The van der Waals surface area contributed by atoms with Crippen molar-refractivity contribution in [1.29, 1.82) is 0 Å². The molecule has 9 heteroatoms. The maximum absolute atomic E-state index is 13.0. The maximum atomic E-state index is 13.0. The molecule has 0 saturated carbocycles. The number of nitrogens with zero attached hydrogens (tertiary/aromatic N) is 1. The van der Waals surface area contributed by atoms with E-state index in [2.05, 4.69) is 19.2 Å². The van der Waals surface area contributed by atoms with Gasteiger partial charge in [0.25, 0.3) is 0 Å². The smallest absolute Gasteiger partial charge is 0.391 e. The van der Waals surface area contributed by atoms with Crippen molar-refractivity contribution < 1.29 is 32.9 Å². The van der Waals surface area contributed by atoms with Crippen molar-refractivity contribution in [3.8, 4) is 0 Å². The van der Waals surface area contributed by atoms with E-state index >= 15 is 0 Å². The van der Waals surface area contributed by atoms with E-state index in [9.17, 15) is 19.4 Å². The van der Waals surface area contributed by atoms with Crippen LogP contribution in [0.2, 0.25) is 0 Å². The standard InChI is InChI=1S/C65H133N2O6P/c1-6-8-10-12-14-16-18-20-21-22-23-24-25-26-27-28-29-30-31-32-33-34-35-36-37-38-39-40-41-42-43-44-45-47-49-51-53-55-57-59-65(69)66-63(62-73-74(70,71)72-61-60-67(3,4)5)64(68)58-56-54-52-50-48-46-19-17-15-13-11-9-7-2/h63-64,68H,6-62H2,1-5H3,(H-,66,69,70,71)/p+1. The summed E-state index contributed by atoms with van der Waals surface area (Å²) in [5.41, 5.74) is 0. The third-order valence-electron chi connectivity index (χ3n) is 15.9. The lowest BCUT2D eigenvalue weighted by atomic mass is 10.0. The van der Waals surface area contributed by atoms with Crippen LogP contribution in [0, 0.1) is 0 Å². The molecular formula is C65H134N2O6P+. The zero-order valence-electron chi connectivity index (χ0n) is 50.9. The Morgan fingerprint density at radius 3 is 0.905 bits per heavy atom. The molecule has 0 aliphatic rings. The minimum atomic E-state index is -4.32. The van der Waals surface area contributed by atoms with Crippen molar-refractivity contribution in [3.05, 3.63) is 0 Å². The zero-order chi connectivity index (χ0) is 54.2. The summed E-state index contributed by atoms with van der Waals surface area (Å²) < 4.78 is 23.8. The molecule has 3 atom stereocenters. The topological polar surface area (TPSA) is 105 Å². The number of unbranched alkanes of at least 4 members (excludes halogenated alkanes) is 50. The Bertz CT molecular complexity index is 1170. The Labute approximate surface area is 463 Å². The number of amides is 1. The highest BCUT2D eigenvalue weighted by Crippen LogP contribution is 2.43. The molecular weight excluding hydrogens is 936 g/mol. The SMILES string of the molecule is CCCCCCCCCCCCCCCCCCCCCCCCCCCCCCCCCCCCCCCCCC(=O)NC(COP(=O)(O)OCC[N+](C)(C)C)C(O)CCCCCCCCCCCCCCC. The molecule has 444 valence electrons. The number of likely N-dealkylation sites (N-methyl/N-ethyl adjacent to an activating group) is 1. The number of aliphatic hydroxyl groups is 1. The summed E-state index contributed by atoms with van der Waals surface area (Å²) in [4.78, 5) is 23.3. The minimum Gasteiger partial charge on any atom is -0.391 e. The normalized spacial score (nSPS) is 13.7. The Balaban J connectivity index is 3.79. The number of hydrogen-bond donors (Lipinski definition) is 3. The summed E-state index contributed by atoms with van der Waals surface area (Å²) in [6, 6.07) is -0.755. The van der Waals surface area contributed by atoms with E-state index in [1.54, 1.807) is 0 Å². The Morgan fingerprint density at radius 2 is 0.649 bits per heavy atom. The number of rotatable bonds is 63. The molecule has 0 aromatic rings. The van der Waals surface area contributed by atoms with Gasteiger partial charge in [-0.2, -0.15) is 0 Å². The molecule has 0 heterocycles. The van der Waals surface area contributed by atoms with E-state index < -0.39 is 20.0 Å². The highest BCUT2D eigenvalue weighted by molar-refractivity contribution is 7.47. The third-order valence-corrected chi connectivity index (χ3v) is 16.8. The molecule has 0 bridgehead atoms. The van der Waals surface area contributed by atoms with E-state index in [1.807, 2.05) is 21.1 Å². The van der Waals surface area contributed by atoms with Gasteiger partial charge in [0.1, 0.15) is 13.2 Å². The van der Waals surface area contributed by atoms with Gasteiger partial charge >= 0.3 is 7.82 Å². The molecule has 0 aliphatic carbocycles. The Hall–Kier alpha value is -0.500. The lowest BCUT2D eigenvalue weighted by Gasteiger charge is -2.26. The molecule has 1 amide bonds. The fourth-order valence-electron chi connectivity index (χ4n) is 10.6. The van der Waals surface area contributed by atoms with Crippen LogP contribution in [0.1, 0.15) is 361 Å². The molecule has 8 nitrogen and oxygen atoms in total. The average Bonchev–Trinajstić information content (AvgIpc) is 3.36. The van der Waals surface area contributed by atoms with Crippen LogP contribution in [0.25, 0.3) is 0 Å². The average molecular weight is 1070 g/mol. The lowest BCUT2D eigenvalue weighted by molar-refractivity contribution is -0.870. The number of carbonyl (C=O) groups excluding carboxylic acids is 1. The van der Waals surface area contributed by atoms with Crippen LogP contribution in [-0.2, 0) is 18.4 Å². The predicted octanol–water partition coefficient (Wildman–Crippen LogP) is 20.8. The van der Waals surface area contributed by atoms with Gasteiger partial charge in [0.2, 0.25) is 5.91 Å². The van der Waals surface area contributed by atoms with Gasteiger partial charge < -0.3 is 19.8 Å². The van der Waals surface area contributed by atoms with Crippen molar-refractivity contribution in [3.63, 3.8) is 0 Å². The summed E-state index contributed by atoms with van der Waals surface area (Å²) in [6.45, 7) is 4.94. The second-order valence-corrected chi connectivity index (χ2v) is 26.0. The number of quaternary nitrogens is 1. The van der Waals surface area contributed by atoms with E-state index in [4.69, 9.17) is 9.05 Å². The van der Waals surface area contributed by atoms with Gasteiger partial charge in [0, 0.05) is 6.42 Å². The van der Waals surface area contributed by atoms with Crippen molar-refractivity contribution in [2.75, 3.05) is 40.9 Å². The number of nitrogens with one attached hydrogen (secondary N) is 1. The molecule has 74 heavy (non-hydrogen) atoms. The number of aliphatic hydroxyl groups excluding tert-OH is 1. The van der Waals surface area contributed by atoms with Gasteiger partial charge in [0.05, 0.1) is 39.9 Å². The first-order chi connectivity index (χ1) is 36.0. The second kappa shape index (κ2) is 57.2. The largest absolute Gasteiger partial charge is 0.472 e. The van der Waals surface area contributed by atoms with Crippen molar-refractivity contribution in [1.82, 2.24) is 5.32 Å². The first-order valence-corrected chi connectivity index (χ1v) is 34.9. The summed E-state index contributed by atoms with van der Waals surface area (Å²) in [6.07, 6.45) is 70.8. The van der Waals surface area contributed by atoms with Gasteiger partial charge in [-0.15, -0.1) is 0 Å². The number of carbonyl (C=O) groups is 1. The van der Waals surface area contributed by atoms with Gasteiger partial charge in [-0.3, -0.25) is 13.8 Å². The summed E-state index contributed by atoms with van der Waals surface area (Å²) in [5.74, 6) is -0.136. The quantitative estimate of drug-likeness (QED) is 0.0318. The molecule has 0 aromatic heterocycles. The monoisotopic (exact) mass is 1070 g/mol. The number of phosphoric ester groups is 1. The molecule has 0 aliphatic heterocycles. The van der Waals surface area contributed by atoms with Gasteiger partial charge in [0.15, 0.2) is 0 Å². The summed E-state index contributed by atoms with van der Waals surface area (Å²) in [5, 5.41) is 14.1. The fourth-order valence-corrected chi connectivity index (χ4v) is 11.4. The van der Waals surface area contributed by atoms with Crippen LogP contribution in [0.5, 0.6) is 0 Å². The van der Waals surface area contributed by atoms with Crippen LogP contribution >= 0.6 is 7.82 Å². The molecule has 0 saturated heterocycles. The van der Waals surface area contributed by atoms with Crippen LogP contribution < -0.4 is 5.32 Å². The van der Waals surface area contributed by atoms with Crippen molar-refractivity contribution in [2.45, 2.75) is 373 Å².